The number of rotatable bonds is 3. The van der Waals surface area contributed by atoms with Crippen LogP contribution in [0.4, 0.5) is 0 Å². The molecule has 0 bridgehead atoms. The van der Waals surface area contributed by atoms with Crippen LogP contribution in [0.2, 0.25) is 0 Å². The third-order valence-corrected chi connectivity index (χ3v) is 4.74. The molecule has 0 spiro atoms. The summed E-state index contributed by atoms with van der Waals surface area (Å²) in [5, 5.41) is 1.99. The molecule has 134 valence electrons. The van der Waals surface area contributed by atoms with Gasteiger partial charge in [-0.05, 0) is 35.9 Å². The Hall–Kier alpha value is -3.85. The van der Waals surface area contributed by atoms with E-state index in [-0.39, 0.29) is 5.63 Å². The van der Waals surface area contributed by atoms with Crippen molar-refractivity contribution in [2.24, 2.45) is 0 Å². The fourth-order valence-corrected chi connectivity index (χ4v) is 3.26. The largest absolute Gasteiger partial charge is 0.456 e. The van der Waals surface area contributed by atoms with Gasteiger partial charge in [-0.2, -0.15) is 0 Å². The Morgan fingerprint density at radius 1 is 0.643 bits per heavy atom. The summed E-state index contributed by atoms with van der Waals surface area (Å²) in [6.07, 6.45) is 3.69. The third-order valence-electron chi connectivity index (χ3n) is 4.74. The van der Waals surface area contributed by atoms with Crippen molar-refractivity contribution in [3.63, 3.8) is 0 Å². The first kappa shape index (κ1) is 16.3. The first-order valence-corrected chi connectivity index (χ1v) is 9.06. The quantitative estimate of drug-likeness (QED) is 0.349. The average molecular weight is 364 g/mol. The van der Waals surface area contributed by atoms with E-state index in [0.29, 0.717) is 11.1 Å². The summed E-state index contributed by atoms with van der Waals surface area (Å²) < 4.78 is 11.3. The molecule has 0 saturated heterocycles. The van der Waals surface area contributed by atoms with Gasteiger partial charge >= 0.3 is 5.63 Å². The van der Waals surface area contributed by atoms with E-state index >= 15 is 0 Å². The van der Waals surface area contributed by atoms with E-state index < -0.39 is 0 Å². The van der Waals surface area contributed by atoms with E-state index in [4.69, 9.17) is 8.83 Å². The molecule has 5 aromatic rings. The highest BCUT2D eigenvalue weighted by molar-refractivity contribution is 5.83. The number of para-hydroxylation sites is 2. The van der Waals surface area contributed by atoms with Crippen molar-refractivity contribution in [1.29, 1.82) is 0 Å². The predicted molar refractivity (Wildman–Crippen MR) is 113 cm³/mol. The minimum Gasteiger partial charge on any atom is -0.456 e. The Morgan fingerprint density at radius 3 is 2.00 bits per heavy atom. The lowest BCUT2D eigenvalue weighted by Crippen LogP contribution is -2.02. The molecule has 0 aliphatic rings. The predicted octanol–water partition coefficient (Wildman–Crippen LogP) is 6.38. The van der Waals surface area contributed by atoms with Gasteiger partial charge in [0.1, 0.15) is 16.9 Å². The first-order valence-electron chi connectivity index (χ1n) is 9.06. The molecular weight excluding hydrogens is 348 g/mol. The summed E-state index contributed by atoms with van der Waals surface area (Å²) in [7, 11) is 0. The van der Waals surface area contributed by atoms with Gasteiger partial charge in [-0.15, -0.1) is 0 Å². The molecule has 0 unspecified atom stereocenters. The summed E-state index contributed by atoms with van der Waals surface area (Å²) in [5.41, 5.74) is 3.67. The van der Waals surface area contributed by atoms with Gasteiger partial charge in [-0.1, -0.05) is 66.7 Å². The van der Waals surface area contributed by atoms with E-state index in [1.54, 1.807) is 12.1 Å². The molecule has 5 rings (SSSR count). The van der Waals surface area contributed by atoms with Crippen molar-refractivity contribution < 1.29 is 8.83 Å². The van der Waals surface area contributed by atoms with Gasteiger partial charge < -0.3 is 8.83 Å². The van der Waals surface area contributed by atoms with Gasteiger partial charge in [0, 0.05) is 16.3 Å². The second kappa shape index (κ2) is 6.71. The van der Waals surface area contributed by atoms with Crippen LogP contribution in [0.25, 0.3) is 45.4 Å². The van der Waals surface area contributed by atoms with Gasteiger partial charge in [0.05, 0.1) is 5.56 Å². The molecule has 2 heterocycles. The zero-order valence-electron chi connectivity index (χ0n) is 15.0. The number of fused-ring (bicyclic) bond motifs is 2. The van der Waals surface area contributed by atoms with Crippen molar-refractivity contribution in [3.05, 3.63) is 106 Å². The molecular formula is C25H16O3. The Kier molecular flexibility index (Phi) is 3.91. The molecule has 0 radical (unpaired) electrons. The highest BCUT2D eigenvalue weighted by atomic mass is 16.4. The Morgan fingerprint density at radius 2 is 1.29 bits per heavy atom. The van der Waals surface area contributed by atoms with Crippen molar-refractivity contribution in [2.45, 2.75) is 0 Å². The Balaban J connectivity index is 1.43. The minimum atomic E-state index is -0.339. The van der Waals surface area contributed by atoms with Crippen LogP contribution in [0.15, 0.2) is 98.6 Å². The van der Waals surface area contributed by atoms with Gasteiger partial charge in [-0.25, -0.2) is 4.79 Å². The number of hydrogen-bond donors (Lipinski definition) is 0. The molecule has 0 N–H and O–H groups in total. The van der Waals surface area contributed by atoms with Crippen molar-refractivity contribution in [3.8, 4) is 11.3 Å². The maximum absolute atomic E-state index is 12.1. The number of furan rings is 1. The lowest BCUT2D eigenvalue weighted by Gasteiger charge is -1.99. The van der Waals surface area contributed by atoms with Crippen LogP contribution in [-0.2, 0) is 0 Å². The molecule has 0 amide bonds. The normalized spacial score (nSPS) is 11.6. The molecule has 3 aromatic carbocycles. The molecule has 0 saturated carbocycles. The van der Waals surface area contributed by atoms with E-state index in [9.17, 15) is 4.79 Å². The summed E-state index contributed by atoms with van der Waals surface area (Å²) in [6.45, 7) is 0. The van der Waals surface area contributed by atoms with Gasteiger partial charge in [0.25, 0.3) is 0 Å². The molecule has 3 nitrogen and oxygen atoms in total. The number of benzene rings is 3. The second-order valence-electron chi connectivity index (χ2n) is 6.63. The van der Waals surface area contributed by atoms with Gasteiger partial charge in [0.15, 0.2) is 0 Å². The maximum Gasteiger partial charge on any atom is 0.343 e. The second-order valence-corrected chi connectivity index (χ2v) is 6.63. The van der Waals surface area contributed by atoms with E-state index in [1.165, 1.54) is 0 Å². The fourth-order valence-electron chi connectivity index (χ4n) is 3.26. The van der Waals surface area contributed by atoms with Crippen molar-refractivity contribution in [1.82, 2.24) is 0 Å². The topological polar surface area (TPSA) is 43.4 Å². The molecule has 2 aromatic heterocycles. The van der Waals surface area contributed by atoms with Crippen molar-refractivity contribution >= 4 is 34.1 Å². The average Bonchev–Trinajstić information content (AvgIpc) is 3.17. The number of hydrogen-bond acceptors (Lipinski definition) is 3. The van der Waals surface area contributed by atoms with E-state index in [2.05, 4.69) is 0 Å². The van der Waals surface area contributed by atoms with Crippen molar-refractivity contribution in [2.75, 3.05) is 0 Å². The van der Waals surface area contributed by atoms with E-state index in [0.717, 1.165) is 33.2 Å². The molecule has 0 aliphatic carbocycles. The summed E-state index contributed by atoms with van der Waals surface area (Å²) >= 11 is 0. The van der Waals surface area contributed by atoms with Crippen LogP contribution in [-0.4, -0.2) is 0 Å². The molecule has 0 atom stereocenters. The lowest BCUT2D eigenvalue weighted by atomic mass is 10.1. The fraction of sp³-hybridized carbons (Fsp3) is 0. The van der Waals surface area contributed by atoms with Crippen LogP contribution in [0.5, 0.6) is 0 Å². The van der Waals surface area contributed by atoms with E-state index in [1.807, 2.05) is 84.9 Å². The summed E-state index contributed by atoms with van der Waals surface area (Å²) in [5.74, 6) is 0.840. The highest BCUT2D eigenvalue weighted by Gasteiger charge is 2.06. The van der Waals surface area contributed by atoms with Gasteiger partial charge in [0.2, 0.25) is 0 Å². The summed E-state index contributed by atoms with van der Waals surface area (Å²) in [6, 6.07) is 27.4. The SMILES string of the molecule is O=c1oc2ccccc2cc1/C=C/c1ccc(-c2cc3ccccc3o2)cc1. The standard InChI is InChI=1S/C25H16O3/c26-25-21(15-19-5-1-4-8-23(19)28-25)14-11-17-9-12-18(13-10-17)24-16-20-6-2-3-7-22(20)27-24/h1-16H/b14-11+. The monoisotopic (exact) mass is 364 g/mol. The molecule has 3 heteroatoms. The first-order chi connectivity index (χ1) is 13.8. The third kappa shape index (κ3) is 3.03. The van der Waals surface area contributed by atoms with Crippen LogP contribution < -0.4 is 5.63 Å². The minimum absolute atomic E-state index is 0.339. The Labute approximate surface area is 161 Å². The zero-order chi connectivity index (χ0) is 18.9. The zero-order valence-corrected chi connectivity index (χ0v) is 15.0. The molecule has 0 aliphatic heterocycles. The van der Waals surface area contributed by atoms with Gasteiger partial charge in [-0.3, -0.25) is 0 Å². The summed E-state index contributed by atoms with van der Waals surface area (Å²) in [4.78, 5) is 12.1. The Bertz CT molecular complexity index is 1340. The molecule has 0 fully saturated rings. The van der Waals surface area contributed by atoms with Crippen LogP contribution in [0.1, 0.15) is 11.1 Å². The highest BCUT2D eigenvalue weighted by Crippen LogP contribution is 2.28. The maximum atomic E-state index is 12.1. The van der Waals surface area contributed by atoms with Crippen LogP contribution in [0.3, 0.4) is 0 Å². The lowest BCUT2D eigenvalue weighted by molar-refractivity contribution is 0.559. The molecule has 28 heavy (non-hydrogen) atoms. The van der Waals surface area contributed by atoms with Crippen LogP contribution in [0, 0.1) is 0 Å². The smallest absolute Gasteiger partial charge is 0.343 e. The van der Waals surface area contributed by atoms with Crippen LogP contribution >= 0.6 is 0 Å².